The first-order valence-corrected chi connectivity index (χ1v) is 8.04. The number of furan rings is 1. The van der Waals surface area contributed by atoms with E-state index in [-0.39, 0.29) is 6.10 Å². The Kier molecular flexibility index (Phi) is 5.39. The van der Waals surface area contributed by atoms with Crippen molar-refractivity contribution in [2.75, 3.05) is 6.61 Å². The molecule has 0 bridgehead atoms. The minimum Gasteiger partial charge on any atom is -0.465 e. The molecule has 0 unspecified atom stereocenters. The fourth-order valence-corrected chi connectivity index (χ4v) is 2.30. The molecule has 1 aliphatic heterocycles. The average molecular weight is 324 g/mol. The zero-order chi connectivity index (χ0) is 17.3. The van der Waals surface area contributed by atoms with E-state index in [0.717, 1.165) is 0 Å². The summed E-state index contributed by atoms with van der Waals surface area (Å²) in [5.41, 5.74) is -1.20. The van der Waals surface area contributed by atoms with Crippen LogP contribution in [0, 0.1) is 0 Å². The van der Waals surface area contributed by atoms with Gasteiger partial charge in [-0.25, -0.2) is 4.39 Å². The molecule has 0 radical (unpaired) electrons. The zero-order valence-electron chi connectivity index (χ0n) is 14.8. The van der Waals surface area contributed by atoms with Crippen LogP contribution < -0.4 is 0 Å². The van der Waals surface area contributed by atoms with E-state index in [4.69, 9.17) is 18.5 Å². The Labute approximate surface area is 138 Å². The van der Waals surface area contributed by atoms with Crippen molar-refractivity contribution in [3.63, 3.8) is 0 Å². The summed E-state index contributed by atoms with van der Waals surface area (Å²) < 4.78 is 37.6. The Balaban J connectivity index is 2.24. The molecule has 0 amide bonds. The second-order valence-corrected chi connectivity index (χ2v) is 7.06. The van der Waals surface area contributed by atoms with Crippen molar-refractivity contribution >= 4 is 12.7 Å². The molecule has 1 aromatic rings. The predicted molar refractivity (Wildman–Crippen MR) is 88.5 cm³/mol. The fourth-order valence-electron chi connectivity index (χ4n) is 2.30. The number of halogens is 1. The Morgan fingerprint density at radius 2 is 1.83 bits per heavy atom. The lowest BCUT2D eigenvalue weighted by atomic mass is 9.83. The standard InChI is InChI=1S/C17H26BFO4/c1-12(2)20-11-9-13(14-8-7-10-21-14)15(19)18-22-16(3,4)17(5,6)23-18/h7-8,10,12H,9,11H2,1-6H3. The highest BCUT2D eigenvalue weighted by atomic mass is 19.1. The van der Waals surface area contributed by atoms with E-state index in [1.54, 1.807) is 12.1 Å². The van der Waals surface area contributed by atoms with E-state index < -0.39 is 24.0 Å². The second-order valence-electron chi connectivity index (χ2n) is 7.06. The Hall–Kier alpha value is -1.11. The zero-order valence-corrected chi connectivity index (χ0v) is 14.8. The van der Waals surface area contributed by atoms with Crippen LogP contribution in [0.1, 0.15) is 53.7 Å². The third kappa shape index (κ3) is 4.05. The molecule has 0 saturated carbocycles. The normalized spacial score (nSPS) is 21.0. The van der Waals surface area contributed by atoms with Crippen LogP contribution in [0.5, 0.6) is 0 Å². The predicted octanol–water partition coefficient (Wildman–Crippen LogP) is 4.41. The Morgan fingerprint density at radius 1 is 1.22 bits per heavy atom. The monoisotopic (exact) mass is 324 g/mol. The van der Waals surface area contributed by atoms with Gasteiger partial charge in [-0.1, -0.05) is 0 Å². The van der Waals surface area contributed by atoms with Gasteiger partial charge >= 0.3 is 7.12 Å². The molecule has 2 heterocycles. The van der Waals surface area contributed by atoms with Crippen molar-refractivity contribution in [1.82, 2.24) is 0 Å². The van der Waals surface area contributed by atoms with E-state index in [9.17, 15) is 0 Å². The van der Waals surface area contributed by atoms with Gasteiger partial charge < -0.3 is 18.5 Å². The van der Waals surface area contributed by atoms with E-state index in [1.165, 1.54) is 6.26 Å². The maximum Gasteiger partial charge on any atom is 0.525 e. The van der Waals surface area contributed by atoms with Gasteiger partial charge in [0.25, 0.3) is 0 Å². The summed E-state index contributed by atoms with van der Waals surface area (Å²) in [4.78, 5) is 0. The maximum atomic E-state index is 15.1. The quantitative estimate of drug-likeness (QED) is 0.727. The first kappa shape index (κ1) is 18.2. The summed E-state index contributed by atoms with van der Waals surface area (Å²) in [6, 6.07) is 3.46. The van der Waals surface area contributed by atoms with Gasteiger partial charge in [0.2, 0.25) is 0 Å². The summed E-state index contributed by atoms with van der Waals surface area (Å²) in [6.07, 6.45) is 2.00. The number of hydrogen-bond acceptors (Lipinski definition) is 4. The van der Waals surface area contributed by atoms with Crippen molar-refractivity contribution in [2.45, 2.75) is 65.3 Å². The van der Waals surface area contributed by atoms with Gasteiger partial charge in [0.15, 0.2) is 0 Å². The van der Waals surface area contributed by atoms with Crippen LogP contribution in [0.3, 0.4) is 0 Å². The number of ether oxygens (including phenoxy) is 1. The minimum absolute atomic E-state index is 0.0905. The maximum absolute atomic E-state index is 15.1. The molecular weight excluding hydrogens is 298 g/mol. The SMILES string of the molecule is CC(C)OCCC(=C(F)B1OC(C)(C)C(C)(C)O1)c1ccco1. The van der Waals surface area contributed by atoms with Gasteiger partial charge in [-0.3, -0.25) is 0 Å². The molecule has 23 heavy (non-hydrogen) atoms. The molecule has 0 atom stereocenters. The molecule has 1 aliphatic rings. The third-order valence-electron chi connectivity index (χ3n) is 4.37. The highest BCUT2D eigenvalue weighted by Crippen LogP contribution is 2.40. The molecule has 0 N–H and O–H groups in total. The molecule has 1 fully saturated rings. The molecule has 0 aromatic carbocycles. The van der Waals surface area contributed by atoms with E-state index in [2.05, 4.69) is 0 Å². The lowest BCUT2D eigenvalue weighted by molar-refractivity contribution is 0.00578. The minimum atomic E-state index is -1.03. The van der Waals surface area contributed by atoms with Crippen molar-refractivity contribution in [1.29, 1.82) is 0 Å². The molecule has 0 aliphatic carbocycles. The van der Waals surface area contributed by atoms with E-state index in [1.807, 2.05) is 41.5 Å². The summed E-state index contributed by atoms with van der Waals surface area (Å²) in [7, 11) is -1.03. The summed E-state index contributed by atoms with van der Waals surface area (Å²) in [6.45, 7) is 11.9. The van der Waals surface area contributed by atoms with Crippen LogP contribution in [-0.4, -0.2) is 31.0 Å². The molecule has 128 valence electrons. The van der Waals surface area contributed by atoms with Crippen molar-refractivity contribution in [3.8, 4) is 0 Å². The first-order chi connectivity index (χ1) is 10.6. The van der Waals surface area contributed by atoms with E-state index >= 15 is 4.39 Å². The molecule has 0 spiro atoms. The van der Waals surface area contributed by atoms with Gasteiger partial charge in [-0.05, 0) is 53.7 Å². The topological polar surface area (TPSA) is 40.8 Å². The van der Waals surface area contributed by atoms with Gasteiger partial charge in [0.1, 0.15) is 11.5 Å². The van der Waals surface area contributed by atoms with Gasteiger partial charge in [-0.15, -0.1) is 0 Å². The molecule has 6 heteroatoms. The van der Waals surface area contributed by atoms with Crippen LogP contribution in [0.25, 0.3) is 5.57 Å². The van der Waals surface area contributed by atoms with Crippen molar-refractivity contribution < 1.29 is 22.9 Å². The van der Waals surface area contributed by atoms with Crippen molar-refractivity contribution in [3.05, 3.63) is 29.9 Å². The van der Waals surface area contributed by atoms with Gasteiger partial charge in [-0.2, -0.15) is 0 Å². The summed E-state index contributed by atoms with van der Waals surface area (Å²) in [5.74, 6) is 0.476. The molecular formula is C17H26BFO4. The average Bonchev–Trinajstić information content (AvgIpc) is 3.01. The fraction of sp³-hybridized carbons (Fsp3) is 0.647. The van der Waals surface area contributed by atoms with E-state index in [0.29, 0.717) is 24.4 Å². The Morgan fingerprint density at radius 3 is 2.30 bits per heavy atom. The molecule has 1 saturated heterocycles. The van der Waals surface area contributed by atoms with Crippen LogP contribution in [-0.2, 0) is 14.0 Å². The Bertz CT molecular complexity index is 533. The molecule has 2 rings (SSSR count). The van der Waals surface area contributed by atoms with Gasteiger partial charge in [0, 0.05) is 12.0 Å². The lowest BCUT2D eigenvalue weighted by Gasteiger charge is -2.32. The molecule has 1 aromatic heterocycles. The highest BCUT2D eigenvalue weighted by molar-refractivity contribution is 6.55. The summed E-state index contributed by atoms with van der Waals surface area (Å²) in [5, 5.41) is 0. The van der Waals surface area contributed by atoms with Gasteiger partial charge in [0.05, 0.1) is 30.2 Å². The largest absolute Gasteiger partial charge is 0.525 e. The van der Waals surface area contributed by atoms with Crippen LogP contribution >= 0.6 is 0 Å². The smallest absolute Gasteiger partial charge is 0.465 e. The van der Waals surface area contributed by atoms with Crippen molar-refractivity contribution in [2.24, 2.45) is 0 Å². The van der Waals surface area contributed by atoms with Crippen LogP contribution in [0.4, 0.5) is 4.39 Å². The first-order valence-electron chi connectivity index (χ1n) is 8.04. The second kappa shape index (κ2) is 6.79. The number of hydrogen-bond donors (Lipinski definition) is 0. The third-order valence-corrected chi connectivity index (χ3v) is 4.37. The number of rotatable bonds is 6. The lowest BCUT2D eigenvalue weighted by Crippen LogP contribution is -2.41. The molecule has 4 nitrogen and oxygen atoms in total. The summed E-state index contributed by atoms with van der Waals surface area (Å²) >= 11 is 0. The van der Waals surface area contributed by atoms with Crippen LogP contribution in [0.2, 0.25) is 0 Å². The highest BCUT2D eigenvalue weighted by Gasteiger charge is 2.53. The van der Waals surface area contributed by atoms with Crippen LogP contribution in [0.15, 0.2) is 28.5 Å².